The molecule has 34 heteroatoms. The summed E-state index contributed by atoms with van der Waals surface area (Å²) < 4.78 is 113. The normalized spacial score (nSPS) is 12.3. The van der Waals surface area contributed by atoms with E-state index in [4.69, 9.17) is 72.4 Å². The van der Waals surface area contributed by atoms with Crippen LogP contribution in [0.2, 0.25) is 10.0 Å². The van der Waals surface area contributed by atoms with Gasteiger partial charge in [0.1, 0.15) is 17.4 Å². The first-order valence-electron chi connectivity index (χ1n) is 26.3. The second-order valence-corrected chi connectivity index (χ2v) is 29.5. The molecule has 2 aromatic carbocycles. The molecule has 0 bridgehead atoms. The number of aldehydes is 2. The van der Waals surface area contributed by atoms with Crippen LogP contribution < -0.4 is 30.7 Å². The van der Waals surface area contributed by atoms with Crippen LogP contribution in [0.1, 0.15) is 64.5 Å². The summed E-state index contributed by atoms with van der Waals surface area (Å²) in [5.41, 5.74) is 2.29. The number of halogens is 5. The van der Waals surface area contributed by atoms with Crippen molar-refractivity contribution < 1.29 is 116 Å². The topological polar surface area (TPSA) is 368 Å². The zero-order valence-electron chi connectivity index (χ0n) is 50.0. The Hall–Kier alpha value is -6.72. The number of nitrogens with zero attached hydrogens (tertiary/aromatic N) is 1. The zero-order chi connectivity index (χ0) is 69.1. The number of benzene rings is 2. The Morgan fingerprint density at radius 2 is 1.29 bits per heavy atom. The number of carbonyl (C=O) groups is 6. The fraction of sp³-hybridized carbons (Fsp3) is 0.254. The number of ether oxygens (including phenoxy) is 1. The Balaban J connectivity index is 0.000000283. The van der Waals surface area contributed by atoms with E-state index in [9.17, 15) is 59.1 Å². The number of esters is 1. The third-order valence-electron chi connectivity index (χ3n) is 12.0. The number of amides is 2. The predicted molar refractivity (Wildman–Crippen MR) is 344 cm³/mol. The van der Waals surface area contributed by atoms with Crippen molar-refractivity contribution >= 4 is 147 Å². The summed E-state index contributed by atoms with van der Waals surface area (Å²) in [7, 11) is -8.98. The molecule has 0 saturated carbocycles. The third-order valence-corrected chi connectivity index (χ3v) is 18.4. The van der Waals surface area contributed by atoms with Crippen molar-refractivity contribution in [3.05, 3.63) is 184 Å². The first-order valence-corrected chi connectivity index (χ1v) is 39.0. The molecule has 504 valence electrons. The smallest absolute Gasteiger partial charge is 0.326 e. The molecule has 0 spiro atoms. The average molecular weight is 1580 g/mol. The number of nitrogens with two attached hydrogens (primary N) is 1. The SMILES string of the molecule is COC(=O)[C@@H](C[I-]N)Cc1ccc(S(C)(=O)=O)o1.CS(=O)(=O)c1ccc(C=O)o1.CS(=O)(=O)c1ccc(C[C@H](NC(=O)c2c(Cl)cc3c(c2Cl)CCN(C(=O)c2ccc4ccoc4c2)C3)C(=O)O)o1.CSc1ccc(C=O)o1.CSc1ccco1.ClCCl.c1ccoc1. The van der Waals surface area contributed by atoms with Crippen LogP contribution in [0.4, 0.5) is 0 Å². The largest absolute Gasteiger partial charge is 0.480 e. The molecule has 4 N–H and O–H groups in total. The van der Waals surface area contributed by atoms with E-state index in [0.29, 0.717) is 70.2 Å². The molecule has 0 aliphatic carbocycles. The van der Waals surface area contributed by atoms with Crippen molar-refractivity contribution in [2.24, 2.45) is 9.86 Å². The second-order valence-electron chi connectivity index (χ2n) is 18.7. The van der Waals surface area contributed by atoms with Crippen LogP contribution >= 0.6 is 69.9 Å². The van der Waals surface area contributed by atoms with Crippen LogP contribution in [0.25, 0.3) is 11.0 Å². The van der Waals surface area contributed by atoms with Crippen LogP contribution in [0.5, 0.6) is 0 Å². The summed E-state index contributed by atoms with van der Waals surface area (Å²) in [5, 5.41) is 14.4. The number of carboxylic acids is 1. The van der Waals surface area contributed by atoms with Gasteiger partial charge in [0.15, 0.2) is 34.3 Å². The number of sulfone groups is 3. The molecule has 2 amide bonds. The van der Waals surface area contributed by atoms with Gasteiger partial charge in [-0.15, -0.1) is 23.2 Å². The van der Waals surface area contributed by atoms with Crippen LogP contribution in [-0.2, 0) is 69.6 Å². The summed E-state index contributed by atoms with van der Waals surface area (Å²) >= 11 is 25.1. The van der Waals surface area contributed by atoms with Gasteiger partial charge in [0.05, 0.1) is 46.0 Å². The van der Waals surface area contributed by atoms with Crippen molar-refractivity contribution in [3.8, 4) is 0 Å². The van der Waals surface area contributed by atoms with Crippen molar-refractivity contribution in [1.82, 2.24) is 10.2 Å². The molecule has 9 aromatic rings. The maximum absolute atomic E-state index is 13.2. The van der Waals surface area contributed by atoms with Gasteiger partial charge in [-0.2, -0.15) is 0 Å². The number of fused-ring (bicyclic) bond motifs is 2. The summed E-state index contributed by atoms with van der Waals surface area (Å²) in [4.78, 5) is 71.4. The van der Waals surface area contributed by atoms with Crippen LogP contribution in [0.15, 0.2) is 185 Å². The Labute approximate surface area is 573 Å². The quantitative estimate of drug-likeness (QED) is 0.0181. The number of carboxylic acid groups (broad SMARTS) is 1. The minimum atomic E-state index is -3.62. The average Bonchev–Trinajstić information content (AvgIpc) is 1.75. The van der Waals surface area contributed by atoms with Gasteiger partial charge in [0, 0.05) is 43.0 Å². The van der Waals surface area contributed by atoms with Crippen molar-refractivity contribution in [1.29, 1.82) is 0 Å². The van der Waals surface area contributed by atoms with Gasteiger partial charge in [-0.1, -0.05) is 52.8 Å². The fourth-order valence-electron chi connectivity index (χ4n) is 7.70. The molecular formula is C59H61Cl4IN3O21S5-. The van der Waals surface area contributed by atoms with Crippen molar-refractivity contribution in [2.75, 3.05) is 54.7 Å². The molecule has 1 aliphatic rings. The molecule has 0 radical (unpaired) electrons. The molecule has 0 saturated heterocycles. The van der Waals surface area contributed by atoms with Gasteiger partial charge in [-0.05, 0) is 115 Å². The number of rotatable bonds is 18. The van der Waals surface area contributed by atoms with Crippen LogP contribution in [0, 0.1) is 5.92 Å². The van der Waals surface area contributed by atoms with Crippen LogP contribution in [-0.4, -0.2) is 132 Å². The van der Waals surface area contributed by atoms with E-state index in [0.717, 1.165) is 34.3 Å². The van der Waals surface area contributed by atoms with Crippen molar-refractivity contribution in [3.63, 3.8) is 0 Å². The molecule has 8 heterocycles. The number of alkyl halides is 3. The maximum atomic E-state index is 13.2. The van der Waals surface area contributed by atoms with Gasteiger partial charge < -0.3 is 41.8 Å². The van der Waals surface area contributed by atoms with Gasteiger partial charge in [0.2, 0.25) is 29.9 Å². The van der Waals surface area contributed by atoms with E-state index in [2.05, 4.69) is 18.9 Å². The Morgan fingerprint density at radius 3 is 1.74 bits per heavy atom. The summed E-state index contributed by atoms with van der Waals surface area (Å²) in [6, 6.07) is 26.1. The van der Waals surface area contributed by atoms with Gasteiger partial charge >= 0.3 is 123 Å². The number of nitrogens with one attached hydrogen (secondary N) is 1. The van der Waals surface area contributed by atoms with E-state index in [1.807, 2.05) is 48.9 Å². The predicted octanol–water partition coefficient (Wildman–Crippen LogP) is 8.35. The minimum absolute atomic E-state index is 0.00551. The third kappa shape index (κ3) is 25.5. The second kappa shape index (κ2) is 38.6. The van der Waals surface area contributed by atoms with Crippen molar-refractivity contribution in [2.45, 2.75) is 57.3 Å². The van der Waals surface area contributed by atoms with Crippen LogP contribution in [0.3, 0.4) is 0 Å². The molecule has 93 heavy (non-hydrogen) atoms. The molecule has 1 aliphatic heterocycles. The maximum Gasteiger partial charge on any atom is 0.326 e. The number of thioether (sulfide) groups is 2. The fourth-order valence-corrected chi connectivity index (χ4v) is 12.2. The Bertz CT molecular complexity index is 4200. The monoisotopic (exact) mass is 1570 g/mol. The number of hydrogen-bond donors (Lipinski definition) is 3. The molecule has 7 aromatic heterocycles. The summed E-state index contributed by atoms with van der Waals surface area (Å²) in [6.45, 7) is 0.550. The summed E-state index contributed by atoms with van der Waals surface area (Å²) in [6.07, 6.45) is 14.9. The molecule has 10 rings (SSSR count). The first kappa shape index (κ1) is 78.7. The van der Waals surface area contributed by atoms with E-state index >= 15 is 0 Å². The van der Waals surface area contributed by atoms with E-state index in [1.54, 1.807) is 78.1 Å². The molecule has 0 fully saturated rings. The molecule has 0 unspecified atom stereocenters. The molecule has 2 atom stereocenters. The van der Waals surface area contributed by atoms with Gasteiger partial charge in [-0.25, -0.2) is 21.6 Å². The number of aliphatic carboxylic acids is 1. The number of carbonyl (C=O) groups excluding carboxylic acids is 5. The summed E-state index contributed by atoms with van der Waals surface area (Å²) in [5.74, 6) is -2.18. The van der Waals surface area contributed by atoms with E-state index in [1.165, 1.54) is 49.2 Å². The molecular weight excluding hydrogens is 1520 g/mol. The van der Waals surface area contributed by atoms with Gasteiger partial charge in [0.25, 0.3) is 11.8 Å². The van der Waals surface area contributed by atoms with Gasteiger partial charge in [-0.3, -0.25) is 19.2 Å². The standard InChI is InChI=1S/C27H22Cl2N2O8S.C10H15INO5S.C6H6O4S.C6H6O2S.C5H6OS.C4H4O.CH2Cl2/c1-40(36,37)22-5-4-17(39-22)12-20(27(34)35)30-25(32)23-19(28)10-16-13-31(8-6-18(16)24(23)29)26(33)15-3-2-14-7-9-38-21(14)11-15;1-16-10(13)7(6-11-12)5-8-3-4-9(17-8)18(2,14)15;1-11(8,9)6-3-2-5(4-7)10-6;1-9-6-3-2-5(4-7)8-6;1-7-5-3-2-4-6-5;1-2-4-5-3-1;2-1-3/h2-5,7,9-11,20H,6,8,12-13H2,1H3,(H,30,32)(H,34,35);3-4,7H,5-6,12H2,1-2H3;2-4H,1H3;2-4H,1H3;2-4H,1H3;1-4H;1H2/q;-1;;;;;/t20-;7-;;;;;/m01...../s1. The number of methoxy groups -OCH3 is 1. The Kier molecular flexibility index (Phi) is 32.7. The number of furan rings is 7. The van der Waals surface area contributed by atoms with E-state index < -0.39 is 68.9 Å². The Morgan fingerprint density at radius 1 is 0.720 bits per heavy atom. The minimum Gasteiger partial charge on any atom is -0.480 e. The van der Waals surface area contributed by atoms with E-state index in [-0.39, 0.29) is 78.5 Å². The number of hydrogen-bond acceptors (Lipinski definition) is 23. The zero-order valence-corrected chi connectivity index (χ0v) is 59.2. The first-order chi connectivity index (χ1) is 44.0. The molecule has 24 nitrogen and oxygen atoms in total.